The highest BCUT2D eigenvalue weighted by Crippen LogP contribution is 2.62. The highest BCUT2D eigenvalue weighted by Gasteiger charge is 2.51. The van der Waals surface area contributed by atoms with Gasteiger partial charge in [0.05, 0.1) is 5.41 Å². The first-order chi connectivity index (χ1) is 15.8. The quantitative estimate of drug-likeness (QED) is 0.247. The van der Waals surface area contributed by atoms with E-state index >= 15 is 0 Å². The van der Waals surface area contributed by atoms with Gasteiger partial charge in [-0.1, -0.05) is 109 Å². The van der Waals surface area contributed by atoms with E-state index in [1.54, 1.807) is 0 Å². The van der Waals surface area contributed by atoms with Crippen LogP contribution >= 0.6 is 11.6 Å². The maximum absolute atomic E-state index is 6.14. The Hall–Kier alpha value is -3.61. The standard InChI is InChI=1S/C31H19Cl/c32-22-16-13-20(14-17-22)21-15-18-30-26(19-21)25-9-3-6-12-29(25)31(30)27-10-4-1-7-23(27)24-8-2-5-11-28(24)31/h1-19H. The van der Waals surface area contributed by atoms with Crippen molar-refractivity contribution >= 4 is 11.6 Å². The van der Waals surface area contributed by atoms with E-state index in [-0.39, 0.29) is 5.41 Å². The Morgan fingerprint density at radius 2 is 0.844 bits per heavy atom. The summed E-state index contributed by atoms with van der Waals surface area (Å²) in [5.41, 5.74) is 13.0. The molecule has 0 saturated heterocycles. The van der Waals surface area contributed by atoms with Crippen molar-refractivity contribution in [3.05, 3.63) is 143 Å². The number of fused-ring (bicyclic) bond motifs is 10. The van der Waals surface area contributed by atoms with Crippen molar-refractivity contribution in [2.24, 2.45) is 0 Å². The predicted octanol–water partition coefficient (Wildman–Crippen LogP) is 8.35. The van der Waals surface area contributed by atoms with Gasteiger partial charge in [0.15, 0.2) is 0 Å². The second-order valence-electron chi connectivity index (χ2n) is 8.65. The van der Waals surface area contributed by atoms with Crippen LogP contribution in [0.2, 0.25) is 5.02 Å². The fourth-order valence-electron chi connectivity index (χ4n) is 5.92. The van der Waals surface area contributed by atoms with Crippen molar-refractivity contribution in [1.29, 1.82) is 0 Å². The molecule has 7 rings (SSSR count). The minimum atomic E-state index is -0.266. The number of benzene rings is 5. The van der Waals surface area contributed by atoms with Crippen molar-refractivity contribution in [3.63, 3.8) is 0 Å². The molecule has 32 heavy (non-hydrogen) atoms. The van der Waals surface area contributed by atoms with E-state index in [2.05, 4.69) is 103 Å². The van der Waals surface area contributed by atoms with Gasteiger partial charge in [-0.3, -0.25) is 0 Å². The van der Waals surface area contributed by atoms with Gasteiger partial charge in [0.2, 0.25) is 0 Å². The molecule has 2 aliphatic rings. The summed E-state index contributed by atoms with van der Waals surface area (Å²) in [5, 5.41) is 0.762. The van der Waals surface area contributed by atoms with Gasteiger partial charge in [-0.2, -0.15) is 0 Å². The highest BCUT2D eigenvalue weighted by atomic mass is 35.5. The van der Waals surface area contributed by atoms with Crippen molar-refractivity contribution in [2.45, 2.75) is 5.41 Å². The lowest BCUT2D eigenvalue weighted by molar-refractivity contribution is 0.794. The van der Waals surface area contributed by atoms with Gasteiger partial charge in [-0.15, -0.1) is 0 Å². The third-order valence-electron chi connectivity index (χ3n) is 7.17. The molecule has 5 aromatic rings. The molecule has 0 aromatic heterocycles. The van der Waals surface area contributed by atoms with Crippen LogP contribution in [0.25, 0.3) is 33.4 Å². The summed E-state index contributed by atoms with van der Waals surface area (Å²) in [6.45, 7) is 0. The van der Waals surface area contributed by atoms with Crippen LogP contribution in [0.4, 0.5) is 0 Å². The highest BCUT2D eigenvalue weighted by molar-refractivity contribution is 6.30. The monoisotopic (exact) mass is 426 g/mol. The Labute approximate surface area is 192 Å². The molecule has 0 nitrogen and oxygen atoms in total. The van der Waals surface area contributed by atoms with Crippen molar-refractivity contribution in [1.82, 2.24) is 0 Å². The summed E-state index contributed by atoms with van der Waals surface area (Å²) in [6, 6.07) is 41.8. The molecule has 5 aromatic carbocycles. The van der Waals surface area contributed by atoms with Crippen LogP contribution < -0.4 is 0 Å². The normalized spacial score (nSPS) is 14.0. The molecule has 150 valence electrons. The summed E-state index contributed by atoms with van der Waals surface area (Å²) in [5.74, 6) is 0. The first kappa shape index (κ1) is 18.0. The fourth-order valence-corrected chi connectivity index (χ4v) is 6.05. The Bertz CT molecular complexity index is 1480. The number of hydrogen-bond acceptors (Lipinski definition) is 0. The van der Waals surface area contributed by atoms with Crippen LogP contribution in [0, 0.1) is 0 Å². The van der Waals surface area contributed by atoms with Crippen LogP contribution in [-0.4, -0.2) is 0 Å². The van der Waals surface area contributed by atoms with Crippen LogP contribution in [0.15, 0.2) is 115 Å². The van der Waals surface area contributed by atoms with Crippen LogP contribution in [0.3, 0.4) is 0 Å². The van der Waals surface area contributed by atoms with Gasteiger partial charge in [0.25, 0.3) is 0 Å². The lowest BCUT2D eigenvalue weighted by Gasteiger charge is -2.30. The molecule has 0 radical (unpaired) electrons. The van der Waals surface area contributed by atoms with Crippen molar-refractivity contribution in [3.8, 4) is 33.4 Å². The number of rotatable bonds is 1. The van der Waals surface area contributed by atoms with E-state index in [0.717, 1.165) is 5.02 Å². The summed E-state index contributed by atoms with van der Waals surface area (Å²) in [4.78, 5) is 0. The van der Waals surface area contributed by atoms with Gasteiger partial charge in [0.1, 0.15) is 0 Å². The lowest BCUT2D eigenvalue weighted by Crippen LogP contribution is -2.25. The van der Waals surface area contributed by atoms with Gasteiger partial charge in [-0.25, -0.2) is 0 Å². The minimum absolute atomic E-state index is 0.266. The second kappa shape index (κ2) is 6.45. The molecule has 0 saturated carbocycles. The fraction of sp³-hybridized carbons (Fsp3) is 0.0323. The maximum atomic E-state index is 6.14. The van der Waals surface area contributed by atoms with Gasteiger partial charge in [-0.05, 0) is 73.8 Å². The van der Waals surface area contributed by atoms with Gasteiger partial charge in [0, 0.05) is 5.02 Å². The first-order valence-electron chi connectivity index (χ1n) is 11.0. The van der Waals surface area contributed by atoms with E-state index in [9.17, 15) is 0 Å². The van der Waals surface area contributed by atoms with Gasteiger partial charge < -0.3 is 0 Å². The van der Waals surface area contributed by atoms with Crippen molar-refractivity contribution in [2.75, 3.05) is 0 Å². The summed E-state index contributed by atoms with van der Waals surface area (Å²) in [6.07, 6.45) is 0. The zero-order valence-corrected chi connectivity index (χ0v) is 18.1. The smallest absolute Gasteiger partial charge is 0.0725 e. The molecular formula is C31H19Cl. The summed E-state index contributed by atoms with van der Waals surface area (Å²) >= 11 is 6.14. The Balaban J connectivity index is 1.58. The van der Waals surface area contributed by atoms with Gasteiger partial charge >= 0.3 is 0 Å². The SMILES string of the molecule is Clc1ccc(-c2ccc3c(c2)-c2ccccc2C32c3ccccc3-c3ccccc32)cc1. The van der Waals surface area contributed by atoms with Crippen LogP contribution in [0.5, 0.6) is 0 Å². The molecule has 0 heterocycles. The molecule has 0 N–H and O–H groups in total. The molecule has 0 fully saturated rings. The zero-order valence-electron chi connectivity index (χ0n) is 17.3. The predicted molar refractivity (Wildman–Crippen MR) is 133 cm³/mol. The molecule has 1 heteroatoms. The van der Waals surface area contributed by atoms with E-state index < -0.39 is 0 Å². The van der Waals surface area contributed by atoms with E-state index in [1.165, 1.54) is 55.6 Å². The molecule has 0 atom stereocenters. The topological polar surface area (TPSA) is 0 Å². The molecule has 1 spiro atoms. The Kier molecular flexibility index (Phi) is 3.63. The summed E-state index contributed by atoms with van der Waals surface area (Å²) < 4.78 is 0. The Morgan fingerprint density at radius 3 is 1.41 bits per heavy atom. The van der Waals surface area contributed by atoms with Crippen LogP contribution in [0.1, 0.15) is 22.3 Å². The molecule has 0 unspecified atom stereocenters. The number of hydrogen-bond donors (Lipinski definition) is 0. The molecular weight excluding hydrogens is 408 g/mol. The van der Waals surface area contributed by atoms with E-state index in [0.29, 0.717) is 0 Å². The average molecular weight is 427 g/mol. The third-order valence-corrected chi connectivity index (χ3v) is 7.43. The molecule has 0 bridgehead atoms. The number of halogens is 1. The summed E-state index contributed by atoms with van der Waals surface area (Å²) in [7, 11) is 0. The zero-order chi connectivity index (χ0) is 21.3. The van der Waals surface area contributed by atoms with E-state index in [1.807, 2.05) is 12.1 Å². The largest absolute Gasteiger partial charge is 0.0843 e. The second-order valence-corrected chi connectivity index (χ2v) is 9.09. The molecule has 0 aliphatic heterocycles. The first-order valence-corrected chi connectivity index (χ1v) is 11.4. The molecule has 2 aliphatic carbocycles. The molecule has 0 amide bonds. The lowest BCUT2D eigenvalue weighted by atomic mass is 9.70. The maximum Gasteiger partial charge on any atom is 0.0725 e. The van der Waals surface area contributed by atoms with Crippen molar-refractivity contribution < 1.29 is 0 Å². The minimum Gasteiger partial charge on any atom is -0.0843 e. The third kappa shape index (κ3) is 2.18. The van der Waals surface area contributed by atoms with E-state index in [4.69, 9.17) is 11.6 Å². The van der Waals surface area contributed by atoms with Crippen LogP contribution in [-0.2, 0) is 5.41 Å². The average Bonchev–Trinajstić information content (AvgIpc) is 3.32. The Morgan fingerprint density at radius 1 is 0.406 bits per heavy atom.